The number of halogens is 1. The van der Waals surface area contributed by atoms with Crippen molar-refractivity contribution in [2.24, 2.45) is 0 Å². The van der Waals surface area contributed by atoms with Gasteiger partial charge < -0.3 is 4.74 Å². The van der Waals surface area contributed by atoms with Crippen molar-refractivity contribution in [3.8, 4) is 11.4 Å². The van der Waals surface area contributed by atoms with E-state index < -0.39 is 11.8 Å². The fraction of sp³-hybridized carbons (Fsp3) is 0.0909. The van der Waals surface area contributed by atoms with E-state index in [0.717, 1.165) is 4.90 Å². The minimum absolute atomic E-state index is 0.232. The van der Waals surface area contributed by atoms with E-state index in [-0.39, 0.29) is 11.1 Å². The van der Waals surface area contributed by atoms with Crippen molar-refractivity contribution < 1.29 is 14.3 Å². The van der Waals surface area contributed by atoms with Gasteiger partial charge in [-0.15, -0.1) is 0 Å². The molecule has 0 atom stereocenters. The van der Waals surface area contributed by atoms with Gasteiger partial charge in [0, 0.05) is 6.20 Å². The number of carbonyl (C=O) groups excluding carboxylic acids is 2. The van der Waals surface area contributed by atoms with Crippen LogP contribution in [0.1, 0.15) is 26.4 Å². The SMILES string of the molecule is COc1ccccc1-n1nc(C)c2c3c(cnc21)C(=O)N(c1ccccc1Cl)C3=O. The highest BCUT2D eigenvalue weighted by molar-refractivity contribution is 6.41. The van der Waals surface area contributed by atoms with E-state index in [1.807, 2.05) is 24.3 Å². The van der Waals surface area contributed by atoms with Crippen LogP contribution in [-0.2, 0) is 0 Å². The summed E-state index contributed by atoms with van der Waals surface area (Å²) in [5.74, 6) is -0.288. The van der Waals surface area contributed by atoms with E-state index in [0.29, 0.717) is 38.9 Å². The maximum atomic E-state index is 13.4. The number of methoxy groups -OCH3 is 1. The van der Waals surface area contributed by atoms with Crippen LogP contribution in [0.25, 0.3) is 16.7 Å². The first-order valence-electron chi connectivity index (χ1n) is 9.18. The molecule has 0 unspecified atom stereocenters. The van der Waals surface area contributed by atoms with Gasteiger partial charge in [0.1, 0.15) is 11.4 Å². The van der Waals surface area contributed by atoms with Crippen LogP contribution in [0.3, 0.4) is 0 Å². The molecular formula is C22H15ClN4O3. The molecule has 0 spiro atoms. The fourth-order valence-corrected chi connectivity index (χ4v) is 4.01. The first-order valence-corrected chi connectivity index (χ1v) is 9.55. The molecule has 0 fully saturated rings. The zero-order valence-corrected chi connectivity index (χ0v) is 16.8. The van der Waals surface area contributed by atoms with E-state index >= 15 is 0 Å². The molecule has 0 saturated heterocycles. The maximum Gasteiger partial charge on any atom is 0.267 e. The normalized spacial score (nSPS) is 13.2. The average molecular weight is 419 g/mol. The summed E-state index contributed by atoms with van der Waals surface area (Å²) in [5.41, 5.74) is 2.59. The fourth-order valence-electron chi connectivity index (χ4n) is 3.79. The van der Waals surface area contributed by atoms with Crippen LogP contribution < -0.4 is 9.64 Å². The Hall–Kier alpha value is -3.71. The largest absolute Gasteiger partial charge is 0.494 e. The second kappa shape index (κ2) is 6.67. The van der Waals surface area contributed by atoms with Crippen molar-refractivity contribution in [2.45, 2.75) is 6.92 Å². The molecule has 148 valence electrons. The zero-order chi connectivity index (χ0) is 21.0. The molecule has 2 amide bonds. The van der Waals surface area contributed by atoms with Crippen molar-refractivity contribution >= 4 is 40.1 Å². The minimum Gasteiger partial charge on any atom is -0.494 e. The Balaban J connectivity index is 1.75. The van der Waals surface area contributed by atoms with Crippen LogP contribution in [0.4, 0.5) is 5.69 Å². The molecule has 0 bridgehead atoms. The summed E-state index contributed by atoms with van der Waals surface area (Å²) < 4.78 is 7.07. The van der Waals surface area contributed by atoms with Crippen LogP contribution in [0, 0.1) is 6.92 Å². The van der Waals surface area contributed by atoms with Crippen molar-refractivity contribution in [3.63, 3.8) is 0 Å². The number of aryl methyl sites for hydroxylation is 1. The van der Waals surface area contributed by atoms with Crippen LogP contribution in [0.5, 0.6) is 5.75 Å². The Morgan fingerprint density at radius 3 is 2.40 bits per heavy atom. The van der Waals surface area contributed by atoms with Gasteiger partial charge in [0.15, 0.2) is 5.65 Å². The van der Waals surface area contributed by atoms with Gasteiger partial charge in [0.2, 0.25) is 0 Å². The number of hydrogen-bond acceptors (Lipinski definition) is 5. The van der Waals surface area contributed by atoms with Gasteiger partial charge in [-0.25, -0.2) is 14.6 Å². The lowest BCUT2D eigenvalue weighted by Gasteiger charge is -2.15. The molecule has 3 heterocycles. The molecule has 0 radical (unpaired) electrons. The molecule has 2 aromatic heterocycles. The number of fused-ring (bicyclic) bond motifs is 3. The first kappa shape index (κ1) is 18.3. The lowest BCUT2D eigenvalue weighted by Crippen LogP contribution is -2.29. The zero-order valence-electron chi connectivity index (χ0n) is 16.1. The molecule has 5 rings (SSSR count). The summed E-state index contributed by atoms with van der Waals surface area (Å²) in [7, 11) is 1.58. The second-order valence-electron chi connectivity index (χ2n) is 6.81. The van der Waals surface area contributed by atoms with Crippen LogP contribution in [-0.4, -0.2) is 33.7 Å². The molecule has 8 heteroatoms. The standard InChI is InChI=1S/C22H15ClN4O3/c1-12-18-19-13(21(28)26(22(19)29)15-8-4-3-7-14(15)23)11-24-20(18)27(25-12)16-9-5-6-10-17(16)30-2/h3-11H,1-2H3. The Bertz CT molecular complexity index is 1360. The number of nitrogens with zero attached hydrogens (tertiary/aromatic N) is 4. The molecule has 0 saturated carbocycles. The monoisotopic (exact) mass is 418 g/mol. The van der Waals surface area contributed by atoms with Crippen LogP contribution in [0.2, 0.25) is 5.02 Å². The first-order chi connectivity index (χ1) is 14.5. The third kappa shape index (κ3) is 2.45. The quantitative estimate of drug-likeness (QED) is 0.466. The van der Waals surface area contributed by atoms with Crippen LogP contribution in [0.15, 0.2) is 54.7 Å². The Morgan fingerprint density at radius 2 is 1.67 bits per heavy atom. The molecule has 4 aromatic rings. The number of benzene rings is 2. The van der Waals surface area contributed by atoms with E-state index in [9.17, 15) is 9.59 Å². The summed E-state index contributed by atoms with van der Waals surface area (Å²) in [4.78, 5) is 32.0. The number of ether oxygens (including phenoxy) is 1. The van der Waals surface area contributed by atoms with Gasteiger partial charge in [-0.2, -0.15) is 5.10 Å². The number of aromatic nitrogens is 3. The number of rotatable bonds is 3. The van der Waals surface area contributed by atoms with Crippen molar-refractivity contribution in [1.82, 2.24) is 14.8 Å². The van der Waals surface area contributed by atoms with Crippen LogP contribution >= 0.6 is 11.6 Å². The van der Waals surface area contributed by atoms with Crippen molar-refractivity contribution in [1.29, 1.82) is 0 Å². The number of amides is 2. The predicted molar refractivity (Wildman–Crippen MR) is 113 cm³/mol. The average Bonchev–Trinajstić information content (AvgIpc) is 3.22. The molecule has 2 aromatic carbocycles. The van der Waals surface area contributed by atoms with Crippen molar-refractivity contribution in [2.75, 3.05) is 12.0 Å². The highest BCUT2D eigenvalue weighted by atomic mass is 35.5. The van der Waals surface area contributed by atoms with E-state index in [2.05, 4.69) is 10.1 Å². The third-order valence-corrected chi connectivity index (χ3v) is 5.45. The number of anilines is 1. The topological polar surface area (TPSA) is 77.3 Å². The van der Waals surface area contributed by atoms with Gasteiger partial charge in [-0.05, 0) is 31.2 Å². The van der Waals surface area contributed by atoms with Crippen molar-refractivity contribution in [3.05, 3.63) is 76.6 Å². The Labute approximate surface area is 176 Å². The lowest BCUT2D eigenvalue weighted by molar-refractivity contribution is 0.0926. The highest BCUT2D eigenvalue weighted by Gasteiger charge is 2.40. The summed E-state index contributed by atoms with van der Waals surface area (Å²) in [6, 6.07) is 14.1. The Kier molecular flexibility index (Phi) is 4.08. The number of para-hydroxylation sites is 3. The summed E-state index contributed by atoms with van der Waals surface area (Å²) in [6.07, 6.45) is 1.42. The predicted octanol–water partition coefficient (Wildman–Crippen LogP) is 4.19. The lowest BCUT2D eigenvalue weighted by atomic mass is 10.1. The minimum atomic E-state index is -0.457. The summed E-state index contributed by atoms with van der Waals surface area (Å²) >= 11 is 6.25. The van der Waals surface area contributed by atoms with E-state index in [1.165, 1.54) is 6.20 Å². The Morgan fingerprint density at radius 1 is 0.967 bits per heavy atom. The molecule has 0 N–H and O–H groups in total. The number of carbonyl (C=O) groups is 2. The summed E-state index contributed by atoms with van der Waals surface area (Å²) in [6.45, 7) is 1.78. The highest BCUT2D eigenvalue weighted by Crippen LogP contribution is 2.37. The number of pyridine rings is 1. The summed E-state index contributed by atoms with van der Waals surface area (Å²) in [5, 5.41) is 5.44. The van der Waals surface area contributed by atoms with Gasteiger partial charge in [-0.3, -0.25) is 9.59 Å². The smallest absolute Gasteiger partial charge is 0.267 e. The molecule has 30 heavy (non-hydrogen) atoms. The molecule has 0 aliphatic carbocycles. The second-order valence-corrected chi connectivity index (χ2v) is 7.22. The number of hydrogen-bond donors (Lipinski definition) is 0. The van der Waals surface area contributed by atoms with E-state index in [1.54, 1.807) is 43.0 Å². The van der Waals surface area contributed by atoms with Gasteiger partial charge in [-0.1, -0.05) is 35.9 Å². The van der Waals surface area contributed by atoms with E-state index in [4.69, 9.17) is 16.3 Å². The third-order valence-electron chi connectivity index (χ3n) is 5.13. The van der Waals surface area contributed by atoms with Gasteiger partial charge in [0.05, 0.1) is 40.0 Å². The van der Waals surface area contributed by atoms with Gasteiger partial charge in [0.25, 0.3) is 11.8 Å². The number of imide groups is 1. The molecule has 1 aliphatic rings. The van der Waals surface area contributed by atoms with Gasteiger partial charge >= 0.3 is 0 Å². The molecule has 7 nitrogen and oxygen atoms in total. The molecular weight excluding hydrogens is 404 g/mol. The molecule has 1 aliphatic heterocycles. The maximum absolute atomic E-state index is 13.4.